The number of carbonyl (C=O) groups is 1. The van der Waals surface area contributed by atoms with Crippen LogP contribution >= 0.6 is 0 Å². The van der Waals surface area contributed by atoms with Crippen LogP contribution in [0.15, 0.2) is 47.1 Å². The largest absolute Gasteiger partial charge is 0.496 e. The van der Waals surface area contributed by atoms with Crippen molar-refractivity contribution in [3.8, 4) is 22.6 Å². The second-order valence-electron chi connectivity index (χ2n) is 9.24. The van der Waals surface area contributed by atoms with Crippen molar-refractivity contribution in [1.82, 2.24) is 5.32 Å². The van der Waals surface area contributed by atoms with Gasteiger partial charge in [0.15, 0.2) is 0 Å². The number of ether oxygens (including phenoxy) is 2. The highest BCUT2D eigenvalue weighted by Crippen LogP contribution is 2.42. The fraction of sp³-hybridized carbons (Fsp3) is 0.414. The summed E-state index contributed by atoms with van der Waals surface area (Å²) in [5.74, 6) is 2.00. The molecule has 1 N–H and O–H groups in total. The lowest BCUT2D eigenvalue weighted by atomic mass is 9.86. The lowest BCUT2D eigenvalue weighted by molar-refractivity contribution is -0.117. The van der Waals surface area contributed by atoms with Crippen LogP contribution in [0.3, 0.4) is 0 Å². The van der Waals surface area contributed by atoms with E-state index in [0.717, 1.165) is 56.7 Å². The van der Waals surface area contributed by atoms with Gasteiger partial charge in [0.05, 0.1) is 20.0 Å². The Hall–Kier alpha value is -3.21. The number of nitrogens with one attached hydrogen (secondary N) is 1. The van der Waals surface area contributed by atoms with Gasteiger partial charge in [0.25, 0.3) is 0 Å². The maximum Gasteiger partial charge on any atom is 0.244 e. The van der Waals surface area contributed by atoms with Crippen LogP contribution < -0.4 is 14.8 Å². The molecule has 0 bridgehead atoms. The summed E-state index contributed by atoms with van der Waals surface area (Å²) in [6, 6.07) is 10.2. The van der Waals surface area contributed by atoms with E-state index in [0.29, 0.717) is 12.5 Å². The average Bonchev–Trinajstić information content (AvgIpc) is 3.26. The van der Waals surface area contributed by atoms with Gasteiger partial charge in [-0.15, -0.1) is 0 Å². The molecule has 5 nitrogen and oxygen atoms in total. The average molecular weight is 462 g/mol. The highest BCUT2D eigenvalue weighted by atomic mass is 16.5. The Kier molecular flexibility index (Phi) is 7.30. The van der Waals surface area contributed by atoms with Gasteiger partial charge >= 0.3 is 0 Å². The number of carbonyl (C=O) groups excluding carboxylic acids is 1. The Labute approximate surface area is 202 Å². The molecule has 2 unspecified atom stereocenters. The molecule has 34 heavy (non-hydrogen) atoms. The third kappa shape index (κ3) is 4.70. The zero-order valence-corrected chi connectivity index (χ0v) is 20.9. The molecule has 5 heteroatoms. The molecule has 1 aliphatic rings. The Morgan fingerprint density at radius 1 is 1.21 bits per heavy atom. The van der Waals surface area contributed by atoms with E-state index < -0.39 is 0 Å². The Balaban J connectivity index is 1.76. The summed E-state index contributed by atoms with van der Waals surface area (Å²) in [6.45, 7) is 8.69. The van der Waals surface area contributed by atoms with Crippen molar-refractivity contribution in [2.45, 2.75) is 59.4 Å². The number of fused-ring (bicyclic) bond motifs is 1. The number of amides is 1. The van der Waals surface area contributed by atoms with Crippen molar-refractivity contribution in [1.29, 1.82) is 0 Å². The van der Waals surface area contributed by atoms with E-state index in [4.69, 9.17) is 13.9 Å². The molecule has 2 aromatic carbocycles. The normalized spacial score (nSPS) is 18.7. The first-order chi connectivity index (χ1) is 16.4. The first-order valence-corrected chi connectivity index (χ1v) is 12.2. The van der Waals surface area contributed by atoms with Gasteiger partial charge in [-0.3, -0.25) is 4.79 Å². The van der Waals surface area contributed by atoms with E-state index in [2.05, 4.69) is 18.3 Å². The number of allylic oxidation sites excluding steroid dienone is 1. The molecule has 1 aromatic heterocycles. The lowest BCUT2D eigenvalue weighted by Gasteiger charge is -2.29. The van der Waals surface area contributed by atoms with Crippen LogP contribution in [0.4, 0.5) is 0 Å². The van der Waals surface area contributed by atoms with Crippen LogP contribution in [0.5, 0.6) is 11.5 Å². The first kappa shape index (κ1) is 23.9. The molecule has 3 aromatic rings. The molecule has 1 saturated carbocycles. The van der Waals surface area contributed by atoms with Gasteiger partial charge in [0.1, 0.15) is 17.1 Å². The van der Waals surface area contributed by atoms with Crippen molar-refractivity contribution in [2.24, 2.45) is 5.92 Å². The van der Waals surface area contributed by atoms with E-state index in [1.165, 1.54) is 19.3 Å². The number of furan rings is 1. The lowest BCUT2D eigenvalue weighted by Crippen LogP contribution is -2.40. The number of benzene rings is 2. The van der Waals surface area contributed by atoms with E-state index in [1.807, 2.05) is 45.0 Å². The van der Waals surface area contributed by atoms with E-state index >= 15 is 0 Å². The number of aryl methyl sites for hydroxylation is 1. The van der Waals surface area contributed by atoms with Crippen LogP contribution in [-0.2, 0) is 4.79 Å². The highest BCUT2D eigenvalue weighted by molar-refractivity contribution is 6.02. The van der Waals surface area contributed by atoms with Gasteiger partial charge < -0.3 is 19.2 Å². The predicted molar refractivity (Wildman–Crippen MR) is 137 cm³/mol. The minimum absolute atomic E-state index is 0.0476. The second kappa shape index (κ2) is 10.4. The molecule has 0 radical (unpaired) electrons. The van der Waals surface area contributed by atoms with Crippen molar-refractivity contribution in [3.05, 3.63) is 53.8 Å². The zero-order valence-electron chi connectivity index (χ0n) is 20.9. The highest BCUT2D eigenvalue weighted by Gasteiger charge is 2.23. The molecular formula is C29H35NO4. The molecule has 4 rings (SSSR count). The first-order valence-electron chi connectivity index (χ1n) is 12.2. The summed E-state index contributed by atoms with van der Waals surface area (Å²) < 4.78 is 17.7. The molecule has 0 saturated heterocycles. The standard InChI is InChI=1S/C29H35NO4/c1-6-33-28-20(4)29-23(24(17-34-29)21-12-8-10-14-26(21)32-5)16-22(28)19(3)15-27(31)30-25-13-9-7-11-18(25)2/h8,10,12,14-18,25H,6-7,9,11,13H2,1-5H3,(H,30,31)/b19-15+. The summed E-state index contributed by atoms with van der Waals surface area (Å²) in [4.78, 5) is 12.9. The molecule has 1 aliphatic carbocycles. The molecule has 2 atom stereocenters. The second-order valence-corrected chi connectivity index (χ2v) is 9.24. The molecule has 1 fully saturated rings. The van der Waals surface area contributed by atoms with E-state index in [9.17, 15) is 4.79 Å². The van der Waals surface area contributed by atoms with Gasteiger partial charge in [-0.05, 0) is 57.2 Å². The van der Waals surface area contributed by atoms with Crippen LogP contribution in [0.2, 0.25) is 0 Å². The van der Waals surface area contributed by atoms with Gasteiger partial charge in [-0.25, -0.2) is 0 Å². The minimum atomic E-state index is -0.0476. The maximum absolute atomic E-state index is 12.9. The van der Waals surface area contributed by atoms with Crippen molar-refractivity contribution in [3.63, 3.8) is 0 Å². The van der Waals surface area contributed by atoms with Crippen molar-refractivity contribution in [2.75, 3.05) is 13.7 Å². The SMILES string of the molecule is CCOc1c(/C(C)=C/C(=O)NC2CCCCC2C)cc2c(-c3ccccc3OC)coc2c1C. The summed E-state index contributed by atoms with van der Waals surface area (Å²) in [5, 5.41) is 4.20. The van der Waals surface area contributed by atoms with Crippen LogP contribution in [-0.4, -0.2) is 25.7 Å². The van der Waals surface area contributed by atoms with Gasteiger partial charge in [0.2, 0.25) is 5.91 Å². The molecule has 0 spiro atoms. The number of rotatable bonds is 7. The minimum Gasteiger partial charge on any atom is -0.496 e. The van der Waals surface area contributed by atoms with Gasteiger partial charge in [-0.1, -0.05) is 38.0 Å². The zero-order chi connectivity index (χ0) is 24.2. The summed E-state index contributed by atoms with van der Waals surface area (Å²) >= 11 is 0. The maximum atomic E-state index is 12.9. The number of methoxy groups -OCH3 is 1. The molecule has 1 heterocycles. The molecule has 180 valence electrons. The fourth-order valence-electron chi connectivity index (χ4n) is 5.04. The monoisotopic (exact) mass is 461 g/mol. The number of para-hydroxylation sites is 1. The van der Waals surface area contributed by atoms with E-state index in [-0.39, 0.29) is 11.9 Å². The van der Waals surface area contributed by atoms with Gasteiger partial charge in [0, 0.05) is 39.8 Å². The van der Waals surface area contributed by atoms with Crippen LogP contribution in [0.1, 0.15) is 57.6 Å². The van der Waals surface area contributed by atoms with Crippen molar-refractivity contribution < 1.29 is 18.7 Å². The number of hydrogen-bond donors (Lipinski definition) is 1. The topological polar surface area (TPSA) is 60.7 Å². The number of hydrogen-bond acceptors (Lipinski definition) is 4. The van der Waals surface area contributed by atoms with E-state index in [1.54, 1.807) is 19.4 Å². The Morgan fingerprint density at radius 3 is 2.71 bits per heavy atom. The summed E-state index contributed by atoms with van der Waals surface area (Å²) in [5.41, 5.74) is 5.38. The Morgan fingerprint density at radius 2 is 1.97 bits per heavy atom. The summed E-state index contributed by atoms with van der Waals surface area (Å²) in [7, 11) is 1.67. The van der Waals surface area contributed by atoms with Crippen LogP contribution in [0, 0.1) is 12.8 Å². The Bertz CT molecular complexity index is 1210. The van der Waals surface area contributed by atoms with Crippen LogP contribution in [0.25, 0.3) is 27.7 Å². The smallest absolute Gasteiger partial charge is 0.244 e. The molecule has 0 aliphatic heterocycles. The molecule has 1 amide bonds. The quantitative estimate of drug-likeness (QED) is 0.388. The third-order valence-corrected chi connectivity index (χ3v) is 6.94. The predicted octanol–water partition coefficient (Wildman–Crippen LogP) is 6.91. The summed E-state index contributed by atoms with van der Waals surface area (Å²) in [6.07, 6.45) is 8.11. The van der Waals surface area contributed by atoms with Crippen molar-refractivity contribution >= 4 is 22.4 Å². The fourth-order valence-corrected chi connectivity index (χ4v) is 5.04. The third-order valence-electron chi connectivity index (χ3n) is 6.94. The molecular weight excluding hydrogens is 426 g/mol. The van der Waals surface area contributed by atoms with Gasteiger partial charge in [-0.2, -0.15) is 0 Å².